The summed E-state index contributed by atoms with van der Waals surface area (Å²) in [4.78, 5) is 8.25. The molecule has 0 saturated heterocycles. The quantitative estimate of drug-likeness (QED) is 0.589. The van der Waals surface area contributed by atoms with Crippen LogP contribution < -0.4 is 16.4 Å². The Morgan fingerprint density at radius 2 is 2.05 bits per heavy atom. The lowest BCUT2D eigenvalue weighted by Crippen LogP contribution is -2.10. The number of aromatic nitrogens is 2. The molecule has 0 spiro atoms. The molecule has 0 aliphatic heterocycles. The van der Waals surface area contributed by atoms with E-state index in [1.807, 2.05) is 13.0 Å². The van der Waals surface area contributed by atoms with Crippen molar-refractivity contribution in [2.24, 2.45) is 5.92 Å². The highest BCUT2D eigenvalue weighted by Gasteiger charge is 2.20. The number of anilines is 3. The monoisotopic (exact) mass is 265 g/mol. The van der Waals surface area contributed by atoms with Gasteiger partial charge >= 0.3 is 0 Å². The van der Waals surface area contributed by atoms with E-state index in [1.165, 1.54) is 12.8 Å². The zero-order valence-electron chi connectivity index (χ0n) is 11.5. The van der Waals surface area contributed by atoms with E-state index in [9.17, 15) is 0 Å². The Labute approximate surface area is 114 Å². The minimum absolute atomic E-state index is 0.283. The van der Waals surface area contributed by atoms with Gasteiger partial charge in [0.1, 0.15) is 11.6 Å². The molecule has 0 bridgehead atoms. The van der Waals surface area contributed by atoms with Crippen molar-refractivity contribution in [3.8, 4) is 0 Å². The number of hydrogen-bond acceptors (Lipinski definition) is 6. The SMILES string of the molecule is CCNc1cc(NCCCOCC2CC2)nc(N)n1. The van der Waals surface area contributed by atoms with E-state index in [-0.39, 0.29) is 5.95 Å². The van der Waals surface area contributed by atoms with Gasteiger partial charge < -0.3 is 21.1 Å². The summed E-state index contributed by atoms with van der Waals surface area (Å²) < 4.78 is 5.57. The molecule has 0 amide bonds. The van der Waals surface area contributed by atoms with Crippen LogP contribution in [0.4, 0.5) is 17.6 Å². The Morgan fingerprint density at radius 3 is 2.74 bits per heavy atom. The summed E-state index contributed by atoms with van der Waals surface area (Å²) in [5.74, 6) is 2.62. The van der Waals surface area contributed by atoms with Gasteiger partial charge in [-0.25, -0.2) is 0 Å². The third kappa shape index (κ3) is 5.30. The molecule has 6 nitrogen and oxygen atoms in total. The predicted molar refractivity (Wildman–Crippen MR) is 77.3 cm³/mol. The number of rotatable bonds is 9. The number of nitrogen functional groups attached to an aromatic ring is 1. The van der Waals surface area contributed by atoms with Gasteiger partial charge in [0.05, 0.1) is 0 Å². The van der Waals surface area contributed by atoms with Gasteiger partial charge in [-0.15, -0.1) is 0 Å². The molecule has 0 unspecified atom stereocenters. The fourth-order valence-electron chi connectivity index (χ4n) is 1.75. The van der Waals surface area contributed by atoms with E-state index < -0.39 is 0 Å². The van der Waals surface area contributed by atoms with Gasteiger partial charge in [-0.05, 0) is 32.1 Å². The molecule has 1 aliphatic rings. The highest BCUT2D eigenvalue weighted by molar-refractivity contribution is 5.50. The average Bonchev–Trinajstić information content (AvgIpc) is 3.17. The van der Waals surface area contributed by atoms with Gasteiger partial charge in [0.15, 0.2) is 0 Å². The molecule has 106 valence electrons. The van der Waals surface area contributed by atoms with Gasteiger partial charge in [-0.3, -0.25) is 0 Å². The molecule has 6 heteroatoms. The Balaban J connectivity index is 1.65. The van der Waals surface area contributed by atoms with Crippen LogP contribution in [0.3, 0.4) is 0 Å². The highest BCUT2D eigenvalue weighted by atomic mass is 16.5. The second kappa shape index (κ2) is 7.13. The molecule has 0 atom stereocenters. The number of hydrogen-bond donors (Lipinski definition) is 3. The van der Waals surface area contributed by atoms with Crippen LogP contribution in [0.2, 0.25) is 0 Å². The maximum absolute atomic E-state index is 5.65. The molecule has 19 heavy (non-hydrogen) atoms. The van der Waals surface area contributed by atoms with Crippen molar-refractivity contribution in [3.63, 3.8) is 0 Å². The third-order valence-electron chi connectivity index (χ3n) is 2.92. The molecule has 4 N–H and O–H groups in total. The van der Waals surface area contributed by atoms with Crippen molar-refractivity contribution in [2.45, 2.75) is 26.2 Å². The zero-order valence-corrected chi connectivity index (χ0v) is 11.5. The van der Waals surface area contributed by atoms with Crippen LogP contribution >= 0.6 is 0 Å². The topological polar surface area (TPSA) is 85.1 Å². The van der Waals surface area contributed by atoms with Gasteiger partial charge in [-0.1, -0.05) is 0 Å². The molecular weight excluding hydrogens is 242 g/mol. The molecule has 0 radical (unpaired) electrons. The first kappa shape index (κ1) is 13.9. The minimum atomic E-state index is 0.283. The normalized spacial score (nSPS) is 14.4. The Hall–Kier alpha value is -1.56. The predicted octanol–water partition coefficient (Wildman–Crippen LogP) is 1.72. The van der Waals surface area contributed by atoms with Crippen LogP contribution in [-0.2, 0) is 4.74 Å². The van der Waals surface area contributed by atoms with Crippen molar-refractivity contribution in [1.82, 2.24) is 9.97 Å². The smallest absolute Gasteiger partial charge is 0.223 e. The fraction of sp³-hybridized carbons (Fsp3) is 0.692. The van der Waals surface area contributed by atoms with Crippen molar-refractivity contribution in [2.75, 3.05) is 42.7 Å². The molecule has 1 heterocycles. The standard InChI is InChI=1S/C13H23N5O/c1-2-15-11-8-12(18-13(14)17-11)16-6-3-7-19-9-10-4-5-10/h8,10H,2-7,9H2,1H3,(H4,14,15,16,17,18). The molecule has 0 aromatic carbocycles. The molecule has 1 saturated carbocycles. The summed E-state index contributed by atoms with van der Waals surface area (Å²) in [5, 5.41) is 6.36. The minimum Gasteiger partial charge on any atom is -0.381 e. The first-order chi connectivity index (χ1) is 9.28. The van der Waals surface area contributed by atoms with Crippen molar-refractivity contribution < 1.29 is 4.74 Å². The number of nitrogens with zero attached hydrogens (tertiary/aromatic N) is 2. The van der Waals surface area contributed by atoms with E-state index in [2.05, 4.69) is 20.6 Å². The molecule has 2 rings (SSSR count). The lowest BCUT2D eigenvalue weighted by molar-refractivity contribution is 0.124. The van der Waals surface area contributed by atoms with E-state index in [0.717, 1.165) is 50.3 Å². The van der Waals surface area contributed by atoms with E-state index in [4.69, 9.17) is 10.5 Å². The number of nitrogens with two attached hydrogens (primary N) is 1. The summed E-state index contributed by atoms with van der Waals surface area (Å²) in [6, 6.07) is 1.87. The van der Waals surface area contributed by atoms with Crippen LogP contribution in [-0.4, -0.2) is 36.3 Å². The highest BCUT2D eigenvalue weighted by Crippen LogP contribution is 2.28. The molecule has 1 aromatic heterocycles. The molecule has 1 aliphatic carbocycles. The van der Waals surface area contributed by atoms with Crippen molar-refractivity contribution in [3.05, 3.63) is 6.07 Å². The summed E-state index contributed by atoms with van der Waals surface area (Å²) in [6.45, 7) is 5.37. The molecular formula is C13H23N5O. The van der Waals surface area contributed by atoms with Gasteiger partial charge in [0.25, 0.3) is 0 Å². The second-order valence-corrected chi connectivity index (χ2v) is 4.83. The van der Waals surface area contributed by atoms with Crippen LogP contribution in [0.25, 0.3) is 0 Å². The van der Waals surface area contributed by atoms with Gasteiger partial charge in [-0.2, -0.15) is 9.97 Å². The lowest BCUT2D eigenvalue weighted by atomic mass is 10.4. The summed E-state index contributed by atoms with van der Waals surface area (Å²) in [6.07, 6.45) is 3.64. The fourth-order valence-corrected chi connectivity index (χ4v) is 1.75. The Morgan fingerprint density at radius 1 is 1.32 bits per heavy atom. The summed E-state index contributed by atoms with van der Waals surface area (Å²) in [7, 11) is 0. The zero-order chi connectivity index (χ0) is 13.5. The van der Waals surface area contributed by atoms with E-state index in [0.29, 0.717) is 0 Å². The van der Waals surface area contributed by atoms with Gasteiger partial charge in [0.2, 0.25) is 5.95 Å². The van der Waals surface area contributed by atoms with Crippen LogP contribution in [0.1, 0.15) is 26.2 Å². The largest absolute Gasteiger partial charge is 0.381 e. The number of nitrogens with one attached hydrogen (secondary N) is 2. The average molecular weight is 265 g/mol. The Bertz CT molecular complexity index is 395. The maximum atomic E-state index is 5.65. The van der Waals surface area contributed by atoms with E-state index >= 15 is 0 Å². The Kier molecular flexibility index (Phi) is 5.20. The lowest BCUT2D eigenvalue weighted by Gasteiger charge is -2.09. The maximum Gasteiger partial charge on any atom is 0.223 e. The first-order valence-electron chi connectivity index (χ1n) is 6.98. The van der Waals surface area contributed by atoms with Crippen LogP contribution in [0.5, 0.6) is 0 Å². The first-order valence-corrected chi connectivity index (χ1v) is 6.98. The third-order valence-corrected chi connectivity index (χ3v) is 2.92. The van der Waals surface area contributed by atoms with E-state index in [1.54, 1.807) is 0 Å². The van der Waals surface area contributed by atoms with Crippen molar-refractivity contribution >= 4 is 17.6 Å². The second-order valence-electron chi connectivity index (χ2n) is 4.83. The van der Waals surface area contributed by atoms with Crippen molar-refractivity contribution in [1.29, 1.82) is 0 Å². The van der Waals surface area contributed by atoms with Gasteiger partial charge in [0, 0.05) is 32.4 Å². The van der Waals surface area contributed by atoms with Crippen LogP contribution in [0, 0.1) is 5.92 Å². The number of ether oxygens (including phenoxy) is 1. The molecule has 1 aromatic rings. The molecule has 1 fully saturated rings. The van der Waals surface area contributed by atoms with Crippen LogP contribution in [0.15, 0.2) is 6.07 Å². The summed E-state index contributed by atoms with van der Waals surface area (Å²) in [5.41, 5.74) is 5.65. The summed E-state index contributed by atoms with van der Waals surface area (Å²) >= 11 is 0.